The Morgan fingerprint density at radius 1 is 1.33 bits per heavy atom. The van der Waals surface area contributed by atoms with Crippen LogP contribution in [-0.4, -0.2) is 28.1 Å². The Hall–Kier alpha value is -1.37. The molecule has 24 heavy (non-hydrogen) atoms. The number of pyridine rings is 2. The van der Waals surface area contributed by atoms with E-state index >= 15 is 0 Å². The number of hydrogen-bond donors (Lipinski definition) is 0. The Kier molecular flexibility index (Phi) is 4.99. The summed E-state index contributed by atoms with van der Waals surface area (Å²) in [5.41, 5.74) is 2.25. The quantitative estimate of drug-likeness (QED) is 0.537. The summed E-state index contributed by atoms with van der Waals surface area (Å²) in [6.07, 6.45) is 3.78. The number of aliphatic imine (C=N–C) groups is 1. The highest BCUT2D eigenvalue weighted by atomic mass is 35.5. The van der Waals surface area contributed by atoms with Crippen molar-refractivity contribution in [3.8, 4) is 0 Å². The molecule has 2 aromatic heterocycles. The van der Waals surface area contributed by atoms with Crippen molar-refractivity contribution in [1.29, 1.82) is 0 Å². The molecule has 0 unspecified atom stereocenters. The van der Waals surface area contributed by atoms with Crippen LogP contribution in [0.3, 0.4) is 0 Å². The maximum Gasteiger partial charge on any atom is 0.167 e. The Labute approximate surface area is 154 Å². The van der Waals surface area contributed by atoms with Gasteiger partial charge in [-0.15, -0.1) is 11.8 Å². The normalized spacial score (nSPS) is 14.0. The number of thioether (sulfide) groups is 1. The van der Waals surface area contributed by atoms with Crippen molar-refractivity contribution in [2.24, 2.45) is 4.99 Å². The van der Waals surface area contributed by atoms with Crippen LogP contribution in [0, 0.1) is 5.82 Å². The molecule has 0 bridgehead atoms. The van der Waals surface area contributed by atoms with Crippen LogP contribution in [0.5, 0.6) is 0 Å². The van der Waals surface area contributed by atoms with Crippen LogP contribution in [0.4, 0.5) is 15.9 Å². The van der Waals surface area contributed by atoms with Gasteiger partial charge in [0.05, 0.1) is 16.9 Å². The standard InChI is InChI=1S/C16H15Cl2FN4S/c1-8(2)12-13(11(24-3)4-5-20-12)23-7-21-14(17)9-6-10(19)15(18)22-16(9)23/h4-6,8H,7H2,1-3H3. The van der Waals surface area contributed by atoms with Crippen LogP contribution in [-0.2, 0) is 0 Å². The molecule has 0 radical (unpaired) electrons. The smallest absolute Gasteiger partial charge is 0.167 e. The molecule has 1 aliphatic rings. The fourth-order valence-corrected chi connectivity index (χ4v) is 3.52. The zero-order chi connectivity index (χ0) is 17.4. The number of fused-ring (bicyclic) bond motifs is 1. The van der Waals surface area contributed by atoms with Crippen molar-refractivity contribution in [1.82, 2.24) is 9.97 Å². The first kappa shape index (κ1) is 17.5. The van der Waals surface area contributed by atoms with Gasteiger partial charge in [0.1, 0.15) is 17.7 Å². The molecule has 3 rings (SSSR count). The van der Waals surface area contributed by atoms with E-state index in [1.807, 2.05) is 17.2 Å². The van der Waals surface area contributed by atoms with E-state index in [-0.39, 0.29) is 22.9 Å². The fourth-order valence-electron chi connectivity index (χ4n) is 2.59. The van der Waals surface area contributed by atoms with Gasteiger partial charge >= 0.3 is 0 Å². The van der Waals surface area contributed by atoms with Gasteiger partial charge in [-0.1, -0.05) is 37.0 Å². The van der Waals surface area contributed by atoms with E-state index in [1.54, 1.807) is 18.0 Å². The molecule has 0 aliphatic carbocycles. The molecule has 0 aromatic carbocycles. The van der Waals surface area contributed by atoms with Gasteiger partial charge in [0.15, 0.2) is 11.0 Å². The average molecular weight is 385 g/mol. The summed E-state index contributed by atoms with van der Waals surface area (Å²) >= 11 is 13.7. The van der Waals surface area contributed by atoms with Gasteiger partial charge in [0.25, 0.3) is 0 Å². The molecule has 0 spiro atoms. The lowest BCUT2D eigenvalue weighted by Crippen LogP contribution is -2.27. The zero-order valence-electron chi connectivity index (χ0n) is 13.3. The zero-order valence-corrected chi connectivity index (χ0v) is 15.7. The van der Waals surface area contributed by atoms with Gasteiger partial charge in [-0.25, -0.2) is 9.37 Å². The van der Waals surface area contributed by atoms with Crippen molar-refractivity contribution >= 4 is 51.6 Å². The summed E-state index contributed by atoms with van der Waals surface area (Å²) in [6, 6.07) is 3.21. The molecule has 4 nitrogen and oxygen atoms in total. The predicted octanol–water partition coefficient (Wildman–Crippen LogP) is 5.21. The van der Waals surface area contributed by atoms with E-state index in [0.717, 1.165) is 16.3 Å². The third-order valence-electron chi connectivity index (χ3n) is 3.69. The van der Waals surface area contributed by atoms with E-state index in [4.69, 9.17) is 23.2 Å². The highest BCUT2D eigenvalue weighted by molar-refractivity contribution is 7.98. The third kappa shape index (κ3) is 2.98. The third-order valence-corrected chi connectivity index (χ3v) is 5.05. The molecule has 3 heterocycles. The largest absolute Gasteiger partial charge is 0.303 e. The van der Waals surface area contributed by atoms with Crippen LogP contribution < -0.4 is 4.90 Å². The van der Waals surface area contributed by atoms with Gasteiger partial charge < -0.3 is 4.90 Å². The summed E-state index contributed by atoms with van der Waals surface area (Å²) in [7, 11) is 0. The lowest BCUT2D eigenvalue weighted by Gasteiger charge is -2.31. The molecular weight excluding hydrogens is 370 g/mol. The SMILES string of the molecule is CSc1ccnc(C(C)C)c1N1CN=C(Cl)c2cc(F)c(Cl)nc21. The van der Waals surface area contributed by atoms with Gasteiger partial charge in [-0.3, -0.25) is 9.98 Å². The summed E-state index contributed by atoms with van der Waals surface area (Å²) in [5, 5.41) is 0.0378. The molecule has 126 valence electrons. The van der Waals surface area contributed by atoms with E-state index in [2.05, 4.69) is 28.8 Å². The number of aromatic nitrogens is 2. The molecule has 0 N–H and O–H groups in total. The first-order valence-corrected chi connectivity index (χ1v) is 9.29. The number of hydrogen-bond acceptors (Lipinski definition) is 5. The van der Waals surface area contributed by atoms with Crippen LogP contribution in [0.25, 0.3) is 0 Å². The van der Waals surface area contributed by atoms with E-state index in [9.17, 15) is 4.39 Å². The Morgan fingerprint density at radius 3 is 2.75 bits per heavy atom. The highest BCUT2D eigenvalue weighted by Crippen LogP contribution is 2.41. The Balaban J connectivity index is 2.25. The molecule has 0 amide bonds. The minimum Gasteiger partial charge on any atom is -0.303 e. The molecular formula is C16H15Cl2FN4S. The van der Waals surface area contributed by atoms with Crippen molar-refractivity contribution < 1.29 is 4.39 Å². The summed E-state index contributed by atoms with van der Waals surface area (Å²) < 4.78 is 13.8. The first-order valence-electron chi connectivity index (χ1n) is 7.30. The van der Waals surface area contributed by atoms with E-state index in [1.165, 1.54) is 6.07 Å². The number of anilines is 2. The Bertz CT molecular complexity index is 826. The molecule has 0 saturated heterocycles. The fraction of sp³-hybridized carbons (Fsp3) is 0.312. The molecule has 0 fully saturated rings. The molecule has 1 aliphatic heterocycles. The maximum atomic E-state index is 13.8. The predicted molar refractivity (Wildman–Crippen MR) is 98.7 cm³/mol. The second-order valence-electron chi connectivity index (χ2n) is 5.55. The summed E-state index contributed by atoms with van der Waals surface area (Å²) in [5.74, 6) is 0.0745. The van der Waals surface area contributed by atoms with Gasteiger partial charge in [-0.05, 0) is 24.3 Å². The monoisotopic (exact) mass is 384 g/mol. The summed E-state index contributed by atoms with van der Waals surface area (Å²) in [6.45, 7) is 4.42. The maximum absolute atomic E-state index is 13.8. The minimum atomic E-state index is -0.619. The van der Waals surface area contributed by atoms with Gasteiger partial charge in [0, 0.05) is 11.1 Å². The Morgan fingerprint density at radius 2 is 2.08 bits per heavy atom. The number of halogens is 3. The summed E-state index contributed by atoms with van der Waals surface area (Å²) in [4.78, 5) is 16.0. The van der Waals surface area contributed by atoms with E-state index in [0.29, 0.717) is 11.4 Å². The van der Waals surface area contributed by atoms with Crippen molar-refractivity contribution in [2.45, 2.75) is 24.7 Å². The average Bonchev–Trinajstić information content (AvgIpc) is 2.56. The highest BCUT2D eigenvalue weighted by Gasteiger charge is 2.28. The molecule has 0 saturated carbocycles. The van der Waals surface area contributed by atoms with E-state index < -0.39 is 5.82 Å². The second-order valence-corrected chi connectivity index (χ2v) is 7.12. The van der Waals surface area contributed by atoms with Crippen LogP contribution in [0.2, 0.25) is 5.15 Å². The molecule has 0 atom stereocenters. The van der Waals surface area contributed by atoms with Gasteiger partial charge in [0.2, 0.25) is 0 Å². The molecule has 8 heteroatoms. The van der Waals surface area contributed by atoms with Crippen LogP contribution >= 0.6 is 35.0 Å². The van der Waals surface area contributed by atoms with Crippen LogP contribution in [0.1, 0.15) is 31.0 Å². The van der Waals surface area contributed by atoms with Gasteiger partial charge in [-0.2, -0.15) is 0 Å². The van der Waals surface area contributed by atoms with Crippen molar-refractivity contribution in [3.05, 3.63) is 40.6 Å². The van der Waals surface area contributed by atoms with Crippen molar-refractivity contribution in [3.63, 3.8) is 0 Å². The number of nitrogens with zero attached hydrogens (tertiary/aromatic N) is 4. The van der Waals surface area contributed by atoms with Crippen molar-refractivity contribution in [2.75, 3.05) is 17.8 Å². The minimum absolute atomic E-state index is 0.189. The lowest BCUT2D eigenvalue weighted by atomic mass is 10.1. The second kappa shape index (κ2) is 6.86. The lowest BCUT2D eigenvalue weighted by molar-refractivity contribution is 0.621. The topological polar surface area (TPSA) is 41.4 Å². The number of rotatable bonds is 3. The molecule has 2 aromatic rings. The first-order chi connectivity index (χ1) is 11.4. The van der Waals surface area contributed by atoms with Crippen LogP contribution in [0.15, 0.2) is 28.2 Å².